The lowest BCUT2D eigenvalue weighted by molar-refractivity contribution is 0.149. The number of nitrogens with zero attached hydrogens (tertiary/aromatic N) is 1. The first-order valence-corrected chi connectivity index (χ1v) is 16.9. The van der Waals surface area contributed by atoms with Crippen molar-refractivity contribution in [1.82, 2.24) is 4.98 Å². The van der Waals surface area contributed by atoms with E-state index in [4.69, 9.17) is 28.4 Å². The third-order valence-electron chi connectivity index (χ3n) is 8.50. The molecule has 48 heavy (non-hydrogen) atoms. The van der Waals surface area contributed by atoms with Crippen molar-refractivity contribution in [2.24, 2.45) is 0 Å². The molecule has 2 saturated heterocycles. The van der Waals surface area contributed by atoms with Gasteiger partial charge in [-0.2, -0.15) is 4.98 Å². The zero-order valence-electron chi connectivity index (χ0n) is 27.4. The van der Waals surface area contributed by atoms with Crippen LogP contribution in [-0.2, 0) is 9.47 Å². The molecule has 3 heterocycles. The van der Waals surface area contributed by atoms with Crippen molar-refractivity contribution in [2.45, 2.75) is 63.9 Å². The molecule has 4 unspecified atom stereocenters. The molecular formula is C41H41NO6. The molecule has 0 N–H and O–H groups in total. The van der Waals surface area contributed by atoms with Gasteiger partial charge in [-0.3, -0.25) is 0 Å². The Morgan fingerprint density at radius 2 is 0.854 bits per heavy atom. The lowest BCUT2D eigenvalue weighted by atomic mass is 10.1. The number of pyridine rings is 1. The first kappa shape index (κ1) is 31.7. The van der Waals surface area contributed by atoms with E-state index in [1.54, 1.807) is 0 Å². The lowest BCUT2D eigenvalue weighted by Gasteiger charge is -2.16. The molecule has 7 heteroatoms. The summed E-state index contributed by atoms with van der Waals surface area (Å²) < 4.78 is 35.4. The average Bonchev–Trinajstić information content (AvgIpc) is 4.04. The van der Waals surface area contributed by atoms with Crippen molar-refractivity contribution in [1.29, 1.82) is 0 Å². The van der Waals surface area contributed by atoms with Crippen LogP contribution in [0.25, 0.3) is 22.3 Å². The van der Waals surface area contributed by atoms with Crippen molar-refractivity contribution >= 4 is 0 Å². The summed E-state index contributed by atoms with van der Waals surface area (Å²) in [5.74, 6) is 4.03. The maximum Gasteiger partial charge on any atom is 0.222 e. The summed E-state index contributed by atoms with van der Waals surface area (Å²) in [7, 11) is 0. The van der Waals surface area contributed by atoms with E-state index < -0.39 is 0 Å². The third-order valence-corrected chi connectivity index (χ3v) is 8.50. The fourth-order valence-electron chi connectivity index (χ4n) is 5.73. The second-order valence-electron chi connectivity index (χ2n) is 12.2. The lowest BCUT2D eigenvalue weighted by Crippen LogP contribution is -2.22. The molecule has 1 aromatic heterocycles. The van der Waals surface area contributed by atoms with Gasteiger partial charge in [-0.15, -0.1) is 0 Å². The number of hydrogen-bond acceptors (Lipinski definition) is 7. The Kier molecular flexibility index (Phi) is 9.87. The number of aromatic nitrogens is 1. The molecule has 246 valence electrons. The monoisotopic (exact) mass is 643 g/mol. The van der Waals surface area contributed by atoms with E-state index in [1.807, 2.05) is 91.0 Å². The standard InChI is InChI=1S/C41H41NO6/c1-3-6-36(38-26-43-38)45-32-18-10-28(11-19-32)30-14-22-34(23-15-30)47-40-8-5-9-41(42-40)48-35-24-16-31(17-25-35)29-12-20-33(21-13-29)46-37(7-4-2)39-27-44-39/h5,8-25,36-39H,3-4,6-7,26-27H2,1-2H3. The molecule has 7 rings (SSSR count). The first-order chi connectivity index (χ1) is 23.6. The summed E-state index contributed by atoms with van der Waals surface area (Å²) in [6.45, 7) is 5.92. The highest BCUT2D eigenvalue weighted by atomic mass is 16.6. The van der Waals surface area contributed by atoms with E-state index in [9.17, 15) is 0 Å². The Morgan fingerprint density at radius 1 is 0.521 bits per heavy atom. The van der Waals surface area contributed by atoms with Gasteiger partial charge in [0.15, 0.2) is 0 Å². The highest BCUT2D eigenvalue weighted by molar-refractivity contribution is 5.66. The summed E-state index contributed by atoms with van der Waals surface area (Å²) in [6.07, 6.45) is 4.83. The molecule has 0 spiro atoms. The van der Waals surface area contributed by atoms with Crippen molar-refractivity contribution in [2.75, 3.05) is 13.2 Å². The molecule has 4 atom stereocenters. The van der Waals surface area contributed by atoms with Gasteiger partial charge in [-0.1, -0.05) is 81.3 Å². The zero-order chi connectivity index (χ0) is 32.7. The minimum Gasteiger partial charge on any atom is -0.488 e. The smallest absolute Gasteiger partial charge is 0.222 e. The summed E-state index contributed by atoms with van der Waals surface area (Å²) >= 11 is 0. The van der Waals surface area contributed by atoms with E-state index in [1.165, 1.54) is 0 Å². The van der Waals surface area contributed by atoms with Crippen LogP contribution in [0.4, 0.5) is 0 Å². The number of ether oxygens (including phenoxy) is 6. The second kappa shape index (κ2) is 14.9. The van der Waals surface area contributed by atoms with Crippen LogP contribution in [0, 0.1) is 0 Å². The van der Waals surface area contributed by atoms with Gasteiger partial charge >= 0.3 is 0 Å². The Labute approximate surface area is 282 Å². The number of hydrogen-bond donors (Lipinski definition) is 0. The van der Waals surface area contributed by atoms with Crippen LogP contribution < -0.4 is 18.9 Å². The molecule has 5 aromatic rings. The van der Waals surface area contributed by atoms with Crippen molar-refractivity contribution in [3.05, 3.63) is 115 Å². The van der Waals surface area contributed by atoms with Crippen LogP contribution in [0.5, 0.6) is 34.8 Å². The minimum absolute atomic E-state index is 0.122. The highest BCUT2D eigenvalue weighted by Crippen LogP contribution is 2.31. The second-order valence-corrected chi connectivity index (χ2v) is 12.2. The summed E-state index contributed by atoms with van der Waals surface area (Å²) in [5.41, 5.74) is 4.39. The zero-order valence-corrected chi connectivity index (χ0v) is 27.4. The van der Waals surface area contributed by atoms with Crippen molar-refractivity contribution < 1.29 is 28.4 Å². The van der Waals surface area contributed by atoms with Gasteiger partial charge < -0.3 is 28.4 Å². The van der Waals surface area contributed by atoms with Crippen molar-refractivity contribution in [3.8, 4) is 57.0 Å². The van der Waals surface area contributed by atoms with Gasteiger partial charge in [-0.05, 0) is 83.6 Å². The summed E-state index contributed by atoms with van der Waals surface area (Å²) in [6, 6.07) is 37.8. The van der Waals surface area contributed by atoms with Crippen molar-refractivity contribution in [3.63, 3.8) is 0 Å². The molecule has 0 radical (unpaired) electrons. The van der Waals surface area contributed by atoms with Gasteiger partial charge in [0.05, 0.1) is 13.2 Å². The largest absolute Gasteiger partial charge is 0.488 e. The van der Waals surface area contributed by atoms with Gasteiger partial charge in [0.25, 0.3) is 0 Å². The molecule has 2 aliphatic rings. The molecule has 4 aromatic carbocycles. The molecule has 2 aliphatic heterocycles. The van der Waals surface area contributed by atoms with Crippen LogP contribution >= 0.6 is 0 Å². The van der Waals surface area contributed by atoms with Crippen LogP contribution in [0.3, 0.4) is 0 Å². The number of rotatable bonds is 16. The summed E-state index contributed by atoms with van der Waals surface area (Å²) in [5, 5.41) is 0. The molecule has 0 amide bonds. The highest BCUT2D eigenvalue weighted by Gasteiger charge is 2.34. The SMILES string of the molecule is CCCC(Oc1ccc(-c2ccc(Oc3cccc(Oc4ccc(-c5ccc(OC(CCC)C6CO6)cc5)cc4)n3)cc2)cc1)C1CO1. The summed E-state index contributed by atoms with van der Waals surface area (Å²) in [4.78, 5) is 4.56. The first-order valence-electron chi connectivity index (χ1n) is 16.9. The Hall–Kier alpha value is -4.85. The van der Waals surface area contributed by atoms with Gasteiger partial charge in [-0.25, -0.2) is 0 Å². The van der Waals surface area contributed by atoms with Crippen LogP contribution in [0.1, 0.15) is 39.5 Å². The van der Waals surface area contributed by atoms with Crippen LogP contribution in [-0.4, -0.2) is 42.6 Å². The third kappa shape index (κ3) is 8.35. The molecule has 7 nitrogen and oxygen atoms in total. The van der Waals surface area contributed by atoms with E-state index >= 15 is 0 Å². The Morgan fingerprint density at radius 3 is 1.17 bits per heavy atom. The topological polar surface area (TPSA) is 74.9 Å². The average molecular weight is 644 g/mol. The predicted molar refractivity (Wildman–Crippen MR) is 186 cm³/mol. The van der Waals surface area contributed by atoms with E-state index in [0.29, 0.717) is 23.3 Å². The van der Waals surface area contributed by atoms with Crippen LogP contribution in [0.15, 0.2) is 115 Å². The minimum atomic E-state index is 0.122. The molecule has 0 bridgehead atoms. The maximum atomic E-state index is 6.18. The number of epoxide rings is 2. The van der Waals surface area contributed by atoms with E-state index in [2.05, 4.69) is 43.1 Å². The van der Waals surface area contributed by atoms with E-state index in [0.717, 1.165) is 72.6 Å². The molecule has 2 fully saturated rings. The van der Waals surface area contributed by atoms with Gasteiger partial charge in [0.2, 0.25) is 11.8 Å². The fourth-order valence-corrected chi connectivity index (χ4v) is 5.73. The molecule has 0 saturated carbocycles. The van der Waals surface area contributed by atoms with Crippen LogP contribution in [0.2, 0.25) is 0 Å². The number of benzene rings is 4. The Bertz CT molecular complexity index is 1620. The molecular weight excluding hydrogens is 602 g/mol. The van der Waals surface area contributed by atoms with Gasteiger partial charge in [0, 0.05) is 12.1 Å². The fraction of sp³-hybridized carbons (Fsp3) is 0.293. The van der Waals surface area contributed by atoms with E-state index in [-0.39, 0.29) is 24.4 Å². The van der Waals surface area contributed by atoms with Gasteiger partial charge in [0.1, 0.15) is 47.4 Å². The maximum absolute atomic E-state index is 6.18. The quantitative estimate of drug-likeness (QED) is 0.0991. The molecule has 0 aliphatic carbocycles. The Balaban J connectivity index is 0.928. The normalized spacial score (nSPS) is 17.6. The predicted octanol–water partition coefficient (Wildman–Crippen LogP) is 9.89.